The van der Waals surface area contributed by atoms with Gasteiger partial charge in [0.15, 0.2) is 0 Å². The maximum Gasteiger partial charge on any atom is 0.243 e. The normalized spacial score (nSPS) is 13.6. The third-order valence-corrected chi connectivity index (χ3v) is 3.77. The van der Waals surface area contributed by atoms with Gasteiger partial charge in [-0.2, -0.15) is 0 Å². The van der Waals surface area contributed by atoms with Gasteiger partial charge >= 0.3 is 0 Å². The second-order valence-corrected chi connectivity index (χ2v) is 5.56. The number of aliphatic hydroxyl groups excluding tert-OH is 2. The van der Waals surface area contributed by atoms with Gasteiger partial charge in [-0.1, -0.05) is 0 Å². The van der Waals surface area contributed by atoms with Crippen LogP contribution in [0.15, 0.2) is 17.0 Å². The predicted molar refractivity (Wildman–Crippen MR) is 63.8 cm³/mol. The second-order valence-electron chi connectivity index (χ2n) is 3.83. The minimum Gasteiger partial charge on any atom is -0.398 e. The van der Waals surface area contributed by atoms with Crippen molar-refractivity contribution >= 4 is 15.7 Å². The Morgan fingerprint density at radius 1 is 1.50 bits per heavy atom. The first kappa shape index (κ1) is 14.8. The van der Waals surface area contributed by atoms with Crippen LogP contribution in [0.1, 0.15) is 5.56 Å². The summed E-state index contributed by atoms with van der Waals surface area (Å²) < 4.78 is 39.0. The van der Waals surface area contributed by atoms with Crippen molar-refractivity contribution in [3.8, 4) is 0 Å². The Hall–Kier alpha value is -1.22. The van der Waals surface area contributed by atoms with Crippen LogP contribution in [0.4, 0.5) is 10.1 Å². The SMILES string of the molecule is Cc1cc(F)c(S(=O)(=O)NCC(O)CO)cc1N. The number of nitrogens with one attached hydrogen (secondary N) is 1. The predicted octanol–water partition coefficient (Wildman–Crippen LogP) is -0.652. The molecule has 0 radical (unpaired) electrons. The molecule has 1 aromatic rings. The zero-order valence-electron chi connectivity index (χ0n) is 9.72. The zero-order valence-corrected chi connectivity index (χ0v) is 10.5. The lowest BCUT2D eigenvalue weighted by atomic mass is 10.2. The summed E-state index contributed by atoms with van der Waals surface area (Å²) >= 11 is 0. The molecule has 0 saturated heterocycles. The van der Waals surface area contributed by atoms with Crippen molar-refractivity contribution in [2.24, 2.45) is 0 Å². The van der Waals surface area contributed by atoms with Crippen molar-refractivity contribution in [1.29, 1.82) is 0 Å². The van der Waals surface area contributed by atoms with Crippen molar-refractivity contribution < 1.29 is 23.0 Å². The Bertz CT molecular complexity index is 533. The average Bonchev–Trinajstić information content (AvgIpc) is 2.30. The van der Waals surface area contributed by atoms with Crippen LogP contribution in [-0.4, -0.2) is 37.9 Å². The molecular formula is C10H15FN2O4S. The number of hydrogen-bond acceptors (Lipinski definition) is 5. The Morgan fingerprint density at radius 2 is 2.11 bits per heavy atom. The van der Waals surface area contributed by atoms with Gasteiger partial charge in [-0.3, -0.25) is 0 Å². The van der Waals surface area contributed by atoms with Gasteiger partial charge in [0.1, 0.15) is 10.7 Å². The van der Waals surface area contributed by atoms with E-state index in [1.54, 1.807) is 6.92 Å². The maximum absolute atomic E-state index is 13.5. The fourth-order valence-corrected chi connectivity index (χ4v) is 2.39. The first-order chi connectivity index (χ1) is 8.27. The van der Waals surface area contributed by atoms with Gasteiger partial charge in [0.2, 0.25) is 10.0 Å². The van der Waals surface area contributed by atoms with Crippen LogP contribution in [0.5, 0.6) is 0 Å². The third kappa shape index (κ3) is 3.39. The molecule has 0 heterocycles. The Kier molecular flexibility index (Phi) is 4.63. The fourth-order valence-electron chi connectivity index (χ4n) is 1.22. The van der Waals surface area contributed by atoms with Gasteiger partial charge in [-0.05, 0) is 24.6 Å². The lowest BCUT2D eigenvalue weighted by Crippen LogP contribution is -2.34. The monoisotopic (exact) mass is 278 g/mol. The molecule has 0 bridgehead atoms. The minimum absolute atomic E-state index is 0.152. The smallest absolute Gasteiger partial charge is 0.243 e. The molecule has 6 nitrogen and oxygen atoms in total. The number of anilines is 1. The van der Waals surface area contributed by atoms with E-state index in [4.69, 9.17) is 15.9 Å². The number of nitrogens with two attached hydrogens (primary N) is 1. The molecule has 0 saturated carbocycles. The molecule has 1 aromatic carbocycles. The lowest BCUT2D eigenvalue weighted by molar-refractivity contribution is 0.0988. The molecule has 102 valence electrons. The Morgan fingerprint density at radius 3 is 2.67 bits per heavy atom. The summed E-state index contributed by atoms with van der Waals surface area (Å²) in [6.45, 7) is 0.546. The number of halogens is 1. The number of nitrogen functional groups attached to an aromatic ring is 1. The summed E-state index contributed by atoms with van der Waals surface area (Å²) in [5, 5.41) is 17.6. The van der Waals surface area contributed by atoms with E-state index < -0.39 is 40.0 Å². The van der Waals surface area contributed by atoms with Crippen LogP contribution in [0.2, 0.25) is 0 Å². The third-order valence-electron chi connectivity index (χ3n) is 2.33. The topological polar surface area (TPSA) is 113 Å². The van der Waals surface area contributed by atoms with Gasteiger partial charge in [0.05, 0.1) is 12.7 Å². The molecular weight excluding hydrogens is 263 g/mol. The summed E-state index contributed by atoms with van der Waals surface area (Å²) in [6, 6.07) is 2.03. The van der Waals surface area contributed by atoms with E-state index >= 15 is 0 Å². The van der Waals surface area contributed by atoms with Crippen molar-refractivity contribution in [2.75, 3.05) is 18.9 Å². The van der Waals surface area contributed by atoms with E-state index in [-0.39, 0.29) is 5.69 Å². The highest BCUT2D eigenvalue weighted by Crippen LogP contribution is 2.21. The maximum atomic E-state index is 13.5. The summed E-state index contributed by atoms with van der Waals surface area (Å²) in [5.74, 6) is -0.923. The number of rotatable bonds is 5. The van der Waals surface area contributed by atoms with Crippen molar-refractivity contribution in [3.63, 3.8) is 0 Å². The molecule has 0 aromatic heterocycles. The number of aliphatic hydroxyl groups is 2. The summed E-state index contributed by atoms with van der Waals surface area (Å²) in [6.07, 6.45) is -1.24. The summed E-state index contributed by atoms with van der Waals surface area (Å²) in [5.41, 5.74) is 6.10. The minimum atomic E-state index is -4.11. The Labute approximate surface area is 104 Å². The van der Waals surface area contributed by atoms with E-state index in [0.29, 0.717) is 5.56 Å². The van der Waals surface area contributed by atoms with Gasteiger partial charge in [-0.15, -0.1) is 0 Å². The van der Waals surface area contributed by atoms with Crippen molar-refractivity contribution in [2.45, 2.75) is 17.9 Å². The first-order valence-corrected chi connectivity index (χ1v) is 6.60. The lowest BCUT2D eigenvalue weighted by Gasteiger charge is -2.11. The molecule has 0 fully saturated rings. The summed E-state index contributed by atoms with van der Waals surface area (Å²) in [4.78, 5) is -0.587. The number of hydrogen-bond donors (Lipinski definition) is 4. The van der Waals surface area contributed by atoms with Crippen LogP contribution in [-0.2, 0) is 10.0 Å². The van der Waals surface area contributed by atoms with Gasteiger partial charge in [-0.25, -0.2) is 17.5 Å². The molecule has 1 unspecified atom stereocenters. The second kappa shape index (κ2) is 5.61. The van der Waals surface area contributed by atoms with Gasteiger partial charge < -0.3 is 15.9 Å². The Balaban J connectivity index is 3.02. The highest BCUT2D eigenvalue weighted by Gasteiger charge is 2.21. The van der Waals surface area contributed by atoms with E-state index in [2.05, 4.69) is 0 Å². The molecule has 8 heteroatoms. The highest BCUT2D eigenvalue weighted by molar-refractivity contribution is 7.89. The van der Waals surface area contributed by atoms with Crippen LogP contribution < -0.4 is 10.5 Å². The average molecular weight is 278 g/mol. The molecule has 0 aliphatic rings. The van der Waals surface area contributed by atoms with Gasteiger partial charge in [0.25, 0.3) is 0 Å². The molecule has 5 N–H and O–H groups in total. The number of aryl methyl sites for hydroxylation is 1. The van der Waals surface area contributed by atoms with Crippen molar-refractivity contribution in [1.82, 2.24) is 4.72 Å². The number of sulfonamides is 1. The molecule has 0 amide bonds. The molecule has 18 heavy (non-hydrogen) atoms. The van der Waals surface area contributed by atoms with Gasteiger partial charge in [0, 0.05) is 12.2 Å². The molecule has 0 aliphatic carbocycles. The van der Waals surface area contributed by atoms with E-state index in [0.717, 1.165) is 12.1 Å². The quantitative estimate of drug-likeness (QED) is 0.535. The van der Waals surface area contributed by atoms with E-state index in [1.807, 2.05) is 4.72 Å². The first-order valence-electron chi connectivity index (χ1n) is 5.12. The molecule has 1 atom stereocenters. The van der Waals surface area contributed by atoms with Crippen molar-refractivity contribution in [3.05, 3.63) is 23.5 Å². The largest absolute Gasteiger partial charge is 0.398 e. The van der Waals surface area contributed by atoms with Crippen LogP contribution >= 0.6 is 0 Å². The highest BCUT2D eigenvalue weighted by atomic mass is 32.2. The van der Waals surface area contributed by atoms with Crippen LogP contribution in [0.3, 0.4) is 0 Å². The zero-order chi connectivity index (χ0) is 13.9. The fraction of sp³-hybridized carbons (Fsp3) is 0.400. The molecule has 0 aliphatic heterocycles. The van der Waals surface area contributed by atoms with E-state index in [9.17, 15) is 12.8 Å². The van der Waals surface area contributed by atoms with Crippen LogP contribution in [0, 0.1) is 12.7 Å². The molecule has 0 spiro atoms. The molecule has 1 rings (SSSR count). The van der Waals surface area contributed by atoms with Crippen LogP contribution in [0.25, 0.3) is 0 Å². The summed E-state index contributed by atoms with van der Waals surface area (Å²) in [7, 11) is -4.11. The standard InChI is InChI=1S/C10H15FN2O4S/c1-6-2-8(11)10(3-9(6)12)18(16,17)13-4-7(15)5-14/h2-3,7,13-15H,4-5,12H2,1H3. The van der Waals surface area contributed by atoms with E-state index in [1.165, 1.54) is 0 Å². The number of benzene rings is 1.